The summed E-state index contributed by atoms with van der Waals surface area (Å²) in [5.41, 5.74) is 6.06. The van der Waals surface area contributed by atoms with Crippen LogP contribution in [0.4, 0.5) is 10.1 Å². The second-order valence-corrected chi connectivity index (χ2v) is 4.76. The van der Waals surface area contributed by atoms with Crippen LogP contribution >= 0.6 is 24.0 Å². The molecule has 102 valence electrons. The molecule has 1 aromatic carbocycles. The van der Waals surface area contributed by atoms with Crippen molar-refractivity contribution in [1.29, 1.82) is 0 Å². The molecule has 3 N–H and O–H groups in total. The Hall–Kier alpha value is -0.840. The summed E-state index contributed by atoms with van der Waals surface area (Å²) in [5, 5.41) is 2.58. The number of anilines is 1. The molecule has 1 aromatic rings. The molecule has 0 bridgehead atoms. The van der Waals surface area contributed by atoms with Gasteiger partial charge < -0.3 is 11.1 Å². The first-order valence-corrected chi connectivity index (χ1v) is 5.79. The largest absolute Gasteiger partial charge is 0.325 e. The highest BCUT2D eigenvalue weighted by Crippen LogP contribution is 2.19. The zero-order valence-corrected chi connectivity index (χ0v) is 11.8. The maximum absolute atomic E-state index is 13.1. The molecule has 0 aliphatic heterocycles. The van der Waals surface area contributed by atoms with E-state index in [0.29, 0.717) is 18.0 Å². The molecule has 6 heteroatoms. The van der Waals surface area contributed by atoms with Crippen molar-refractivity contribution in [3.05, 3.63) is 29.0 Å². The zero-order valence-electron chi connectivity index (χ0n) is 10.2. The van der Waals surface area contributed by atoms with Gasteiger partial charge in [-0.1, -0.05) is 25.4 Å². The van der Waals surface area contributed by atoms with Crippen molar-refractivity contribution in [1.82, 2.24) is 0 Å². The van der Waals surface area contributed by atoms with Crippen molar-refractivity contribution in [2.24, 2.45) is 11.7 Å². The smallest absolute Gasteiger partial charge is 0.241 e. The monoisotopic (exact) mass is 294 g/mol. The van der Waals surface area contributed by atoms with Gasteiger partial charge in [0.15, 0.2) is 0 Å². The Morgan fingerprint density at radius 2 is 2.11 bits per heavy atom. The van der Waals surface area contributed by atoms with Crippen molar-refractivity contribution < 1.29 is 9.18 Å². The predicted octanol–water partition coefficient (Wildman–Crippen LogP) is 3.21. The average molecular weight is 295 g/mol. The Morgan fingerprint density at radius 1 is 1.50 bits per heavy atom. The van der Waals surface area contributed by atoms with Crippen LogP contribution in [-0.4, -0.2) is 11.9 Å². The number of nitrogens with one attached hydrogen (secondary N) is 1. The molecule has 1 rings (SSSR count). The van der Waals surface area contributed by atoms with Gasteiger partial charge in [0, 0.05) is 5.69 Å². The molecule has 0 fully saturated rings. The number of halogens is 3. The first-order chi connectivity index (χ1) is 7.90. The van der Waals surface area contributed by atoms with Crippen LogP contribution in [-0.2, 0) is 4.79 Å². The topological polar surface area (TPSA) is 55.1 Å². The van der Waals surface area contributed by atoms with E-state index in [1.807, 2.05) is 13.8 Å². The lowest BCUT2D eigenvalue weighted by Gasteiger charge is -2.14. The highest BCUT2D eigenvalue weighted by Gasteiger charge is 2.15. The van der Waals surface area contributed by atoms with Crippen LogP contribution in [0.15, 0.2) is 18.2 Å². The van der Waals surface area contributed by atoms with Gasteiger partial charge in [-0.15, -0.1) is 12.4 Å². The lowest BCUT2D eigenvalue weighted by Crippen LogP contribution is -2.36. The Morgan fingerprint density at radius 3 is 2.61 bits per heavy atom. The van der Waals surface area contributed by atoms with Crippen molar-refractivity contribution >= 4 is 35.6 Å². The Balaban J connectivity index is 0.00000289. The summed E-state index contributed by atoms with van der Waals surface area (Å²) >= 11 is 5.54. The molecule has 0 aromatic heterocycles. The van der Waals surface area contributed by atoms with Gasteiger partial charge in [-0.2, -0.15) is 0 Å². The fourth-order valence-corrected chi connectivity index (χ4v) is 1.54. The van der Waals surface area contributed by atoms with Crippen LogP contribution in [0.25, 0.3) is 0 Å². The molecule has 0 saturated carbocycles. The van der Waals surface area contributed by atoms with E-state index in [1.54, 1.807) is 0 Å². The number of amides is 1. The maximum atomic E-state index is 13.1. The Labute approximate surface area is 117 Å². The number of hydrogen-bond donors (Lipinski definition) is 2. The molecule has 3 nitrogen and oxygen atoms in total. The molecule has 1 atom stereocenters. The van der Waals surface area contributed by atoms with Crippen molar-refractivity contribution in [2.45, 2.75) is 26.3 Å². The van der Waals surface area contributed by atoms with Gasteiger partial charge in [0.2, 0.25) is 5.91 Å². The minimum atomic E-state index is -0.589. The second-order valence-electron chi connectivity index (χ2n) is 4.35. The average Bonchev–Trinajstić information content (AvgIpc) is 2.22. The first kappa shape index (κ1) is 17.2. The van der Waals surface area contributed by atoms with Gasteiger partial charge in [0.25, 0.3) is 0 Å². The van der Waals surface area contributed by atoms with Crippen LogP contribution in [0.1, 0.15) is 20.3 Å². The first-order valence-electron chi connectivity index (χ1n) is 5.41. The third kappa shape index (κ3) is 5.21. The van der Waals surface area contributed by atoms with Crippen LogP contribution in [0.2, 0.25) is 5.02 Å². The number of rotatable bonds is 4. The lowest BCUT2D eigenvalue weighted by molar-refractivity contribution is -0.117. The van der Waals surface area contributed by atoms with Crippen LogP contribution < -0.4 is 11.1 Å². The summed E-state index contributed by atoms with van der Waals surface area (Å²) in [4.78, 5) is 11.7. The summed E-state index contributed by atoms with van der Waals surface area (Å²) in [6.45, 7) is 3.96. The highest BCUT2D eigenvalue weighted by atomic mass is 35.5. The van der Waals surface area contributed by atoms with E-state index in [4.69, 9.17) is 17.3 Å². The standard InChI is InChI=1S/C12H16ClFN2O.ClH/c1-7(2)5-11(15)12(17)16-8-3-4-9(13)10(14)6-8;/h3-4,6-7,11H,5,15H2,1-2H3,(H,16,17);1H/t11-;/m0./s1. The van der Waals surface area contributed by atoms with Gasteiger partial charge in [-0.05, 0) is 30.5 Å². The normalized spacial score (nSPS) is 11.9. The second kappa shape index (κ2) is 7.56. The van der Waals surface area contributed by atoms with E-state index in [1.165, 1.54) is 18.2 Å². The van der Waals surface area contributed by atoms with Crippen molar-refractivity contribution in [3.63, 3.8) is 0 Å². The summed E-state index contributed by atoms with van der Waals surface area (Å²) in [7, 11) is 0. The predicted molar refractivity (Wildman–Crippen MR) is 74.7 cm³/mol. The van der Waals surface area contributed by atoms with Gasteiger partial charge >= 0.3 is 0 Å². The molecule has 0 heterocycles. The SMILES string of the molecule is CC(C)C[C@H](N)C(=O)Nc1ccc(Cl)c(F)c1.Cl. The van der Waals surface area contributed by atoms with E-state index in [2.05, 4.69) is 5.32 Å². The molecule has 0 radical (unpaired) electrons. The summed E-state index contributed by atoms with van der Waals surface area (Å²) in [5.74, 6) is -0.556. The van der Waals surface area contributed by atoms with Gasteiger partial charge in [-0.25, -0.2) is 4.39 Å². The van der Waals surface area contributed by atoms with Crippen LogP contribution in [0.3, 0.4) is 0 Å². The van der Waals surface area contributed by atoms with E-state index in [9.17, 15) is 9.18 Å². The molecular weight excluding hydrogens is 278 g/mol. The molecule has 18 heavy (non-hydrogen) atoms. The van der Waals surface area contributed by atoms with E-state index < -0.39 is 11.9 Å². The minimum absolute atomic E-state index is 0. The summed E-state index contributed by atoms with van der Waals surface area (Å²) < 4.78 is 13.1. The zero-order chi connectivity index (χ0) is 13.0. The van der Waals surface area contributed by atoms with E-state index in [-0.39, 0.29) is 23.3 Å². The fourth-order valence-electron chi connectivity index (χ4n) is 1.42. The summed E-state index contributed by atoms with van der Waals surface area (Å²) in [6.07, 6.45) is 0.585. The van der Waals surface area contributed by atoms with Gasteiger partial charge in [-0.3, -0.25) is 4.79 Å². The quantitative estimate of drug-likeness (QED) is 0.896. The number of nitrogens with two attached hydrogens (primary N) is 1. The highest BCUT2D eigenvalue weighted by molar-refractivity contribution is 6.30. The molecule has 0 spiro atoms. The molecular formula is C12H17Cl2FN2O. The number of benzene rings is 1. The van der Waals surface area contributed by atoms with Crippen LogP contribution in [0, 0.1) is 11.7 Å². The summed E-state index contributed by atoms with van der Waals surface area (Å²) in [6, 6.07) is 3.50. The molecule has 0 unspecified atom stereocenters. The third-order valence-corrected chi connectivity index (χ3v) is 2.56. The van der Waals surface area contributed by atoms with Crippen LogP contribution in [0.5, 0.6) is 0 Å². The van der Waals surface area contributed by atoms with Crippen molar-refractivity contribution in [2.75, 3.05) is 5.32 Å². The number of hydrogen-bond acceptors (Lipinski definition) is 2. The minimum Gasteiger partial charge on any atom is -0.325 e. The third-order valence-electron chi connectivity index (χ3n) is 2.25. The number of carbonyl (C=O) groups excluding carboxylic acids is 1. The van der Waals surface area contributed by atoms with E-state index in [0.717, 1.165) is 0 Å². The molecule has 1 amide bonds. The lowest BCUT2D eigenvalue weighted by atomic mass is 10.0. The Bertz CT molecular complexity index is 413. The molecule has 0 saturated heterocycles. The fraction of sp³-hybridized carbons (Fsp3) is 0.417. The van der Waals surface area contributed by atoms with Gasteiger partial charge in [0.1, 0.15) is 5.82 Å². The Kier molecular flexibility index (Phi) is 7.21. The van der Waals surface area contributed by atoms with Gasteiger partial charge in [0.05, 0.1) is 11.1 Å². The number of carbonyl (C=O) groups is 1. The van der Waals surface area contributed by atoms with E-state index >= 15 is 0 Å². The molecule has 0 aliphatic rings. The van der Waals surface area contributed by atoms with Crippen molar-refractivity contribution in [3.8, 4) is 0 Å². The maximum Gasteiger partial charge on any atom is 0.241 e. The molecule has 0 aliphatic carbocycles.